The molecule has 0 atom stereocenters. The maximum Gasteiger partial charge on any atom is 0.411 e. The fourth-order valence-electron chi connectivity index (χ4n) is 1.48. The van der Waals surface area contributed by atoms with Crippen LogP contribution >= 0.6 is 0 Å². The molecule has 0 bridgehead atoms. The normalized spacial score (nSPS) is 9.67. The van der Waals surface area contributed by atoms with Crippen molar-refractivity contribution in [3.05, 3.63) is 41.5 Å². The van der Waals surface area contributed by atoms with Gasteiger partial charge in [-0.15, -0.1) is 0 Å². The fourth-order valence-corrected chi connectivity index (χ4v) is 1.48. The van der Waals surface area contributed by atoms with E-state index in [-0.39, 0.29) is 17.9 Å². The Hall–Kier alpha value is -2.30. The van der Waals surface area contributed by atoms with Crippen molar-refractivity contribution in [2.24, 2.45) is 0 Å². The number of aromatic carboxylic acids is 1. The molecule has 0 aliphatic heterocycles. The Morgan fingerprint density at radius 2 is 2.11 bits per heavy atom. The van der Waals surface area contributed by atoms with Crippen LogP contribution in [0.25, 0.3) is 0 Å². The Bertz CT molecular complexity index is 494. The molecule has 0 spiro atoms. The van der Waals surface area contributed by atoms with Crippen molar-refractivity contribution in [1.82, 2.24) is 0 Å². The predicted octanol–water partition coefficient (Wildman–Crippen LogP) is 2.74. The highest BCUT2D eigenvalue weighted by Crippen LogP contribution is 2.22. The van der Waals surface area contributed by atoms with E-state index in [4.69, 9.17) is 9.84 Å². The van der Waals surface area contributed by atoms with Crippen molar-refractivity contribution in [3.8, 4) is 0 Å². The summed E-state index contributed by atoms with van der Waals surface area (Å²) in [4.78, 5) is 22.6. The minimum absolute atomic E-state index is 0.0685. The van der Waals surface area contributed by atoms with Gasteiger partial charge in [0.1, 0.15) is 6.61 Å². The predicted molar refractivity (Wildman–Crippen MR) is 68.0 cm³/mol. The van der Waals surface area contributed by atoms with Gasteiger partial charge in [0.2, 0.25) is 0 Å². The molecule has 0 heterocycles. The Kier molecular flexibility index (Phi) is 4.48. The number of hydrogen-bond acceptors (Lipinski definition) is 3. The van der Waals surface area contributed by atoms with E-state index < -0.39 is 12.1 Å². The summed E-state index contributed by atoms with van der Waals surface area (Å²) in [5.41, 5.74) is 1.76. The van der Waals surface area contributed by atoms with Gasteiger partial charge in [0.05, 0.1) is 11.3 Å². The molecule has 5 nitrogen and oxygen atoms in total. The Balaban J connectivity index is 3.02. The van der Waals surface area contributed by atoms with Gasteiger partial charge in [0.15, 0.2) is 0 Å². The van der Waals surface area contributed by atoms with Crippen LogP contribution in [0.4, 0.5) is 10.5 Å². The zero-order valence-electron chi connectivity index (χ0n) is 10.3. The molecule has 2 N–H and O–H groups in total. The average molecular weight is 249 g/mol. The van der Waals surface area contributed by atoms with Crippen LogP contribution < -0.4 is 5.32 Å². The summed E-state index contributed by atoms with van der Waals surface area (Å²) in [6, 6.07) is 3.28. The first-order valence-corrected chi connectivity index (χ1v) is 5.35. The maximum absolute atomic E-state index is 11.4. The van der Waals surface area contributed by atoms with E-state index in [9.17, 15) is 9.59 Å². The quantitative estimate of drug-likeness (QED) is 0.804. The summed E-state index contributed by atoms with van der Waals surface area (Å²) in [6.45, 7) is 6.98. The van der Waals surface area contributed by atoms with E-state index in [0.717, 1.165) is 5.56 Å². The number of carboxylic acid groups (broad SMARTS) is 1. The van der Waals surface area contributed by atoms with Crippen molar-refractivity contribution >= 4 is 17.7 Å². The molecular weight excluding hydrogens is 234 g/mol. The fraction of sp³-hybridized carbons (Fsp3) is 0.231. The van der Waals surface area contributed by atoms with Crippen LogP contribution in [-0.4, -0.2) is 23.8 Å². The smallest absolute Gasteiger partial charge is 0.411 e. The van der Waals surface area contributed by atoms with Gasteiger partial charge in [-0.1, -0.05) is 18.7 Å². The topological polar surface area (TPSA) is 75.6 Å². The average Bonchev–Trinajstić information content (AvgIpc) is 2.31. The van der Waals surface area contributed by atoms with E-state index in [2.05, 4.69) is 11.9 Å². The molecule has 0 saturated carbocycles. The molecule has 1 rings (SSSR count). The second-order valence-electron chi connectivity index (χ2n) is 3.75. The Morgan fingerprint density at radius 3 is 2.67 bits per heavy atom. The zero-order valence-corrected chi connectivity index (χ0v) is 10.3. The number of aryl methyl sites for hydroxylation is 1. The molecule has 18 heavy (non-hydrogen) atoms. The number of amides is 1. The van der Waals surface area contributed by atoms with Crippen molar-refractivity contribution in [1.29, 1.82) is 0 Å². The molecule has 1 aromatic rings. The lowest BCUT2D eigenvalue weighted by atomic mass is 10.0. The van der Waals surface area contributed by atoms with Gasteiger partial charge in [-0.2, -0.15) is 0 Å². The summed E-state index contributed by atoms with van der Waals surface area (Å²) in [5, 5.41) is 11.6. The Morgan fingerprint density at radius 1 is 1.44 bits per heavy atom. The first kappa shape index (κ1) is 13.8. The highest BCUT2D eigenvalue weighted by atomic mass is 16.5. The third-order valence-corrected chi connectivity index (χ3v) is 2.52. The van der Waals surface area contributed by atoms with Gasteiger partial charge in [-0.3, -0.25) is 5.32 Å². The summed E-state index contributed by atoms with van der Waals surface area (Å²) in [7, 11) is 0. The second-order valence-corrected chi connectivity index (χ2v) is 3.75. The molecule has 0 aliphatic carbocycles. The number of hydrogen-bond donors (Lipinski definition) is 2. The summed E-state index contributed by atoms with van der Waals surface area (Å²) in [6.07, 6.45) is 0.721. The highest BCUT2D eigenvalue weighted by Gasteiger charge is 2.16. The largest absolute Gasteiger partial charge is 0.478 e. The number of carbonyl (C=O) groups excluding carboxylic acids is 1. The summed E-state index contributed by atoms with van der Waals surface area (Å²) in [5.74, 6) is -1.09. The van der Waals surface area contributed by atoms with Crippen LogP contribution in [0.1, 0.15) is 21.5 Å². The molecule has 0 saturated heterocycles. The van der Waals surface area contributed by atoms with Crippen LogP contribution in [0.15, 0.2) is 24.8 Å². The Labute approximate surface area is 105 Å². The van der Waals surface area contributed by atoms with Crippen LogP contribution in [0.5, 0.6) is 0 Å². The van der Waals surface area contributed by atoms with Gasteiger partial charge in [0.25, 0.3) is 0 Å². The minimum Gasteiger partial charge on any atom is -0.478 e. The third-order valence-electron chi connectivity index (χ3n) is 2.52. The van der Waals surface area contributed by atoms with Gasteiger partial charge in [-0.25, -0.2) is 9.59 Å². The van der Waals surface area contributed by atoms with Crippen LogP contribution in [-0.2, 0) is 4.74 Å². The molecule has 0 aromatic heterocycles. The van der Waals surface area contributed by atoms with Crippen LogP contribution in [0.2, 0.25) is 0 Å². The number of carboxylic acids is 1. The molecule has 0 unspecified atom stereocenters. The molecule has 5 heteroatoms. The van der Waals surface area contributed by atoms with E-state index >= 15 is 0 Å². The number of benzene rings is 1. The van der Waals surface area contributed by atoms with Crippen molar-refractivity contribution in [2.75, 3.05) is 11.9 Å². The lowest BCUT2D eigenvalue weighted by Gasteiger charge is -2.12. The molecule has 1 amide bonds. The number of ether oxygens (including phenoxy) is 1. The van der Waals surface area contributed by atoms with E-state index in [1.165, 1.54) is 6.08 Å². The minimum atomic E-state index is -1.09. The molecule has 96 valence electrons. The van der Waals surface area contributed by atoms with Gasteiger partial charge in [0, 0.05) is 0 Å². The molecule has 0 fully saturated rings. The third kappa shape index (κ3) is 3.10. The number of nitrogens with one attached hydrogen (secondary N) is 1. The second kappa shape index (κ2) is 5.86. The lowest BCUT2D eigenvalue weighted by Crippen LogP contribution is -2.17. The molecule has 0 radical (unpaired) electrons. The molecule has 1 aromatic carbocycles. The first-order valence-electron chi connectivity index (χ1n) is 5.35. The first-order chi connectivity index (χ1) is 8.47. The highest BCUT2D eigenvalue weighted by molar-refractivity contribution is 6.00. The number of rotatable bonds is 4. The number of carbonyl (C=O) groups is 2. The monoisotopic (exact) mass is 249 g/mol. The molecule has 0 aliphatic rings. The van der Waals surface area contributed by atoms with Gasteiger partial charge < -0.3 is 9.84 Å². The maximum atomic E-state index is 11.4. The molecular formula is C13H15NO4. The van der Waals surface area contributed by atoms with Crippen molar-refractivity contribution < 1.29 is 19.4 Å². The van der Waals surface area contributed by atoms with E-state index in [1.807, 2.05) is 6.92 Å². The van der Waals surface area contributed by atoms with Crippen molar-refractivity contribution in [3.63, 3.8) is 0 Å². The zero-order chi connectivity index (χ0) is 13.7. The number of anilines is 1. The van der Waals surface area contributed by atoms with E-state index in [1.54, 1.807) is 19.1 Å². The van der Waals surface area contributed by atoms with Crippen molar-refractivity contribution in [2.45, 2.75) is 13.8 Å². The standard InChI is InChI=1S/C13H15NO4/c1-4-7-18-13(17)14-10-6-5-8(2)9(3)11(10)12(15)16/h4-6H,1,7H2,2-3H3,(H,14,17)(H,15,16). The van der Waals surface area contributed by atoms with Crippen LogP contribution in [0, 0.1) is 13.8 Å². The van der Waals surface area contributed by atoms with Crippen LogP contribution in [0.3, 0.4) is 0 Å². The van der Waals surface area contributed by atoms with Gasteiger partial charge in [-0.05, 0) is 31.0 Å². The van der Waals surface area contributed by atoms with E-state index in [0.29, 0.717) is 5.56 Å². The lowest BCUT2D eigenvalue weighted by molar-refractivity contribution is 0.0697. The summed E-state index contributed by atoms with van der Waals surface area (Å²) >= 11 is 0. The SMILES string of the molecule is C=CCOC(=O)Nc1ccc(C)c(C)c1C(=O)O. The van der Waals surface area contributed by atoms with Gasteiger partial charge >= 0.3 is 12.1 Å². The summed E-state index contributed by atoms with van der Waals surface area (Å²) < 4.78 is 4.74.